The second-order valence-electron chi connectivity index (χ2n) is 3.97. The van der Waals surface area contributed by atoms with Crippen LogP contribution in [0.2, 0.25) is 0 Å². The van der Waals surface area contributed by atoms with Gasteiger partial charge in [-0.3, -0.25) is 4.79 Å². The largest absolute Gasteiger partial charge is 0.481 e. The molecule has 2 aromatic rings. The molecule has 0 amide bonds. The summed E-state index contributed by atoms with van der Waals surface area (Å²) in [4.78, 5) is 16.2. The van der Waals surface area contributed by atoms with Crippen molar-refractivity contribution in [2.45, 2.75) is 25.4 Å². The number of carboxylic acid groups (broad SMARTS) is 1. The molecule has 0 spiro atoms. The molecule has 4 nitrogen and oxygen atoms in total. The molecule has 0 saturated heterocycles. The zero-order valence-electron chi connectivity index (χ0n) is 9.87. The van der Waals surface area contributed by atoms with Crippen molar-refractivity contribution < 1.29 is 9.90 Å². The van der Waals surface area contributed by atoms with Crippen LogP contribution in [0.4, 0.5) is 0 Å². The van der Waals surface area contributed by atoms with Crippen molar-refractivity contribution >= 4 is 28.6 Å². The predicted octanol–water partition coefficient (Wildman–Crippen LogP) is 3.07. The van der Waals surface area contributed by atoms with Gasteiger partial charge in [0.1, 0.15) is 0 Å². The zero-order valence-corrected chi connectivity index (χ0v) is 11.5. The molecule has 2 rings (SSSR count). The number of hydrogen-bond acceptors (Lipinski definition) is 5. The number of thiazole rings is 1. The van der Waals surface area contributed by atoms with E-state index in [-0.39, 0.29) is 18.5 Å². The van der Waals surface area contributed by atoms with Gasteiger partial charge >= 0.3 is 5.97 Å². The van der Waals surface area contributed by atoms with Crippen LogP contribution in [0.1, 0.15) is 36.0 Å². The molecule has 0 aliphatic rings. The summed E-state index contributed by atoms with van der Waals surface area (Å²) < 4.78 is 0. The van der Waals surface area contributed by atoms with E-state index in [0.29, 0.717) is 0 Å². The molecular weight excluding hydrogens is 268 g/mol. The van der Waals surface area contributed by atoms with Gasteiger partial charge in [-0.2, -0.15) is 0 Å². The van der Waals surface area contributed by atoms with E-state index in [2.05, 4.69) is 10.3 Å². The molecule has 0 saturated carbocycles. The van der Waals surface area contributed by atoms with Crippen molar-refractivity contribution in [1.29, 1.82) is 0 Å². The van der Waals surface area contributed by atoms with Crippen molar-refractivity contribution in [3.63, 3.8) is 0 Å². The summed E-state index contributed by atoms with van der Waals surface area (Å²) in [5, 5.41) is 16.2. The summed E-state index contributed by atoms with van der Waals surface area (Å²) in [5.41, 5.74) is 2.73. The Balaban J connectivity index is 2.08. The predicted molar refractivity (Wildman–Crippen MR) is 73.0 cm³/mol. The molecule has 0 aliphatic heterocycles. The van der Waals surface area contributed by atoms with Gasteiger partial charge < -0.3 is 10.4 Å². The average Bonchev–Trinajstić information content (AvgIpc) is 3.01. The van der Waals surface area contributed by atoms with E-state index in [9.17, 15) is 4.79 Å². The van der Waals surface area contributed by atoms with Gasteiger partial charge in [-0.05, 0) is 18.4 Å². The topological polar surface area (TPSA) is 62.2 Å². The first kappa shape index (κ1) is 13.2. The summed E-state index contributed by atoms with van der Waals surface area (Å²) in [6.45, 7) is 2.00. The van der Waals surface area contributed by atoms with Crippen LogP contribution in [-0.4, -0.2) is 16.1 Å². The number of aliphatic carboxylic acids is 1. The van der Waals surface area contributed by atoms with Crippen LogP contribution in [0.15, 0.2) is 28.4 Å². The Morgan fingerprint density at radius 3 is 3.00 bits per heavy atom. The first-order chi connectivity index (χ1) is 8.66. The van der Waals surface area contributed by atoms with E-state index in [1.54, 1.807) is 28.2 Å². The maximum absolute atomic E-state index is 10.9. The van der Waals surface area contributed by atoms with Crippen molar-refractivity contribution in [3.05, 3.63) is 39.0 Å². The summed E-state index contributed by atoms with van der Waals surface area (Å²) >= 11 is 3.11. The third kappa shape index (κ3) is 3.38. The highest BCUT2D eigenvalue weighted by atomic mass is 32.1. The lowest BCUT2D eigenvalue weighted by Crippen LogP contribution is -2.26. The average molecular weight is 282 g/mol. The minimum absolute atomic E-state index is 0.0442. The molecule has 0 aromatic carbocycles. The lowest BCUT2D eigenvalue weighted by molar-refractivity contribution is -0.137. The highest BCUT2D eigenvalue weighted by molar-refractivity contribution is 7.10. The van der Waals surface area contributed by atoms with Crippen molar-refractivity contribution in [3.8, 4) is 0 Å². The van der Waals surface area contributed by atoms with Crippen LogP contribution >= 0.6 is 22.7 Å². The molecule has 2 aromatic heterocycles. The van der Waals surface area contributed by atoms with E-state index in [4.69, 9.17) is 5.11 Å². The van der Waals surface area contributed by atoms with Gasteiger partial charge in [0.05, 0.1) is 23.7 Å². The Labute approximate surface area is 113 Å². The fourth-order valence-corrected chi connectivity index (χ4v) is 3.16. The molecule has 2 heterocycles. The minimum atomic E-state index is -0.800. The highest BCUT2D eigenvalue weighted by Gasteiger charge is 2.19. The molecule has 2 atom stereocenters. The summed E-state index contributed by atoms with van der Waals surface area (Å²) in [6.07, 6.45) is 0.0784. The number of nitrogens with one attached hydrogen (secondary N) is 1. The monoisotopic (exact) mass is 282 g/mol. The number of hydrogen-bond donors (Lipinski definition) is 2. The SMILES string of the molecule is CC(NC(CC(=O)O)c1cccs1)c1cscn1. The van der Waals surface area contributed by atoms with E-state index in [1.807, 2.05) is 29.8 Å². The van der Waals surface area contributed by atoms with Crippen LogP contribution in [0.5, 0.6) is 0 Å². The Bertz CT molecular complexity index is 482. The van der Waals surface area contributed by atoms with Crippen molar-refractivity contribution in [2.24, 2.45) is 0 Å². The third-order valence-electron chi connectivity index (χ3n) is 2.61. The van der Waals surface area contributed by atoms with Gasteiger partial charge in [-0.25, -0.2) is 4.98 Å². The summed E-state index contributed by atoms with van der Waals surface area (Å²) in [5.74, 6) is -0.800. The van der Waals surface area contributed by atoms with Crippen LogP contribution in [0.3, 0.4) is 0 Å². The molecule has 96 valence electrons. The first-order valence-corrected chi connectivity index (χ1v) is 7.38. The van der Waals surface area contributed by atoms with Gasteiger partial charge in [0.2, 0.25) is 0 Å². The lowest BCUT2D eigenvalue weighted by atomic mass is 10.1. The number of thiophene rings is 1. The molecule has 0 fully saturated rings. The number of nitrogens with zero attached hydrogens (tertiary/aromatic N) is 1. The van der Waals surface area contributed by atoms with Gasteiger partial charge in [0.15, 0.2) is 0 Å². The van der Waals surface area contributed by atoms with Crippen molar-refractivity contribution in [1.82, 2.24) is 10.3 Å². The number of aromatic nitrogens is 1. The van der Waals surface area contributed by atoms with Gasteiger partial charge in [-0.15, -0.1) is 22.7 Å². The molecular formula is C12H14N2O2S2. The second kappa shape index (κ2) is 6.08. The van der Waals surface area contributed by atoms with Gasteiger partial charge in [-0.1, -0.05) is 6.07 Å². The molecule has 6 heteroatoms. The fraction of sp³-hybridized carbons (Fsp3) is 0.333. The zero-order chi connectivity index (χ0) is 13.0. The number of carboxylic acids is 1. The Hall–Kier alpha value is -1.24. The normalized spacial score (nSPS) is 14.3. The smallest absolute Gasteiger partial charge is 0.305 e. The van der Waals surface area contributed by atoms with Crippen LogP contribution in [0, 0.1) is 0 Å². The Morgan fingerprint density at radius 2 is 2.44 bits per heavy atom. The lowest BCUT2D eigenvalue weighted by Gasteiger charge is -2.20. The molecule has 0 aliphatic carbocycles. The molecule has 0 bridgehead atoms. The number of rotatable bonds is 6. The van der Waals surface area contributed by atoms with E-state index < -0.39 is 5.97 Å². The van der Waals surface area contributed by atoms with E-state index in [1.165, 1.54) is 0 Å². The summed E-state index contributed by atoms with van der Waals surface area (Å²) in [6, 6.07) is 3.77. The van der Waals surface area contributed by atoms with Crippen LogP contribution in [0.25, 0.3) is 0 Å². The van der Waals surface area contributed by atoms with Gasteiger partial charge in [0, 0.05) is 16.3 Å². The quantitative estimate of drug-likeness (QED) is 0.854. The molecule has 0 radical (unpaired) electrons. The fourth-order valence-electron chi connectivity index (χ4n) is 1.73. The standard InChI is InChI=1S/C12H14N2O2S2/c1-8(10-6-17-7-13-10)14-9(5-12(15)16)11-3-2-4-18-11/h2-4,6-9,14H,5H2,1H3,(H,15,16). The molecule has 2 N–H and O–H groups in total. The van der Waals surface area contributed by atoms with Crippen LogP contribution < -0.4 is 5.32 Å². The van der Waals surface area contributed by atoms with Gasteiger partial charge in [0.25, 0.3) is 0 Å². The third-order valence-corrected chi connectivity index (χ3v) is 4.20. The second-order valence-corrected chi connectivity index (χ2v) is 5.67. The maximum Gasteiger partial charge on any atom is 0.305 e. The number of carbonyl (C=O) groups is 1. The molecule has 18 heavy (non-hydrogen) atoms. The molecule has 2 unspecified atom stereocenters. The first-order valence-electron chi connectivity index (χ1n) is 5.56. The highest BCUT2D eigenvalue weighted by Crippen LogP contribution is 2.25. The van der Waals surface area contributed by atoms with E-state index >= 15 is 0 Å². The Morgan fingerprint density at radius 1 is 1.61 bits per heavy atom. The minimum Gasteiger partial charge on any atom is -0.481 e. The maximum atomic E-state index is 10.9. The summed E-state index contributed by atoms with van der Waals surface area (Å²) in [7, 11) is 0. The van der Waals surface area contributed by atoms with Crippen molar-refractivity contribution in [2.75, 3.05) is 0 Å². The van der Waals surface area contributed by atoms with Crippen LogP contribution in [-0.2, 0) is 4.79 Å². The Kier molecular flexibility index (Phi) is 4.46. The van der Waals surface area contributed by atoms with E-state index in [0.717, 1.165) is 10.6 Å².